The van der Waals surface area contributed by atoms with E-state index in [0.717, 1.165) is 12.5 Å². The van der Waals surface area contributed by atoms with Crippen LogP contribution in [0.5, 0.6) is 11.6 Å². The molecule has 1 heterocycles. The maximum atomic E-state index is 13.7. The number of anilines is 1. The zero-order valence-electron chi connectivity index (χ0n) is 11.1. The first-order chi connectivity index (χ1) is 10.0. The van der Waals surface area contributed by atoms with Crippen LogP contribution < -0.4 is 10.1 Å². The molecule has 0 aliphatic carbocycles. The molecule has 0 amide bonds. The minimum Gasteiger partial charge on any atom is -0.435 e. The van der Waals surface area contributed by atoms with E-state index < -0.39 is 17.5 Å². The van der Waals surface area contributed by atoms with Crippen LogP contribution in [0, 0.1) is 17.5 Å². The molecule has 0 aliphatic rings. The molecule has 0 saturated heterocycles. The number of benzene rings is 1. The third kappa shape index (κ3) is 3.87. The van der Waals surface area contributed by atoms with Crippen molar-refractivity contribution in [2.75, 3.05) is 11.9 Å². The van der Waals surface area contributed by atoms with Gasteiger partial charge in [0.2, 0.25) is 0 Å². The molecule has 0 aliphatic heterocycles. The highest BCUT2D eigenvalue weighted by Crippen LogP contribution is 2.31. The van der Waals surface area contributed by atoms with E-state index in [1.165, 1.54) is 12.1 Å². The van der Waals surface area contributed by atoms with Crippen molar-refractivity contribution < 1.29 is 17.9 Å². The number of rotatable bonds is 5. The second kappa shape index (κ2) is 6.80. The predicted octanol–water partition coefficient (Wildman–Crippen LogP) is 4.88. The third-order valence-corrected chi connectivity index (χ3v) is 3.16. The SMILES string of the molecule is CCCNc1nc(Oc2ccc(F)cc2Br)c(F)cc1F. The normalized spacial score (nSPS) is 10.5. The van der Waals surface area contributed by atoms with Crippen molar-refractivity contribution in [1.29, 1.82) is 0 Å². The van der Waals surface area contributed by atoms with Gasteiger partial charge < -0.3 is 10.1 Å². The fraction of sp³-hybridized carbons (Fsp3) is 0.214. The van der Waals surface area contributed by atoms with Gasteiger partial charge >= 0.3 is 0 Å². The number of nitrogens with one attached hydrogen (secondary N) is 1. The Kier molecular flexibility index (Phi) is 5.06. The van der Waals surface area contributed by atoms with Crippen LogP contribution in [-0.2, 0) is 0 Å². The van der Waals surface area contributed by atoms with Crippen molar-refractivity contribution in [3.05, 3.63) is 46.2 Å². The Bertz CT molecular complexity index is 652. The molecule has 21 heavy (non-hydrogen) atoms. The lowest BCUT2D eigenvalue weighted by Gasteiger charge is -2.11. The topological polar surface area (TPSA) is 34.2 Å². The number of halogens is 4. The van der Waals surface area contributed by atoms with Crippen LogP contribution in [0.15, 0.2) is 28.7 Å². The molecular weight excluding hydrogens is 349 g/mol. The lowest BCUT2D eigenvalue weighted by Crippen LogP contribution is -2.06. The first-order valence-corrected chi connectivity index (χ1v) is 7.03. The van der Waals surface area contributed by atoms with Gasteiger partial charge in [0.15, 0.2) is 17.5 Å². The van der Waals surface area contributed by atoms with E-state index in [2.05, 4.69) is 26.2 Å². The van der Waals surface area contributed by atoms with E-state index in [0.29, 0.717) is 17.1 Å². The largest absolute Gasteiger partial charge is 0.435 e. The van der Waals surface area contributed by atoms with E-state index in [1.807, 2.05) is 6.92 Å². The molecule has 1 aromatic heterocycles. The quantitative estimate of drug-likeness (QED) is 0.825. The van der Waals surface area contributed by atoms with Crippen LogP contribution in [0.1, 0.15) is 13.3 Å². The number of hydrogen-bond donors (Lipinski definition) is 1. The smallest absolute Gasteiger partial charge is 0.258 e. The number of ether oxygens (including phenoxy) is 1. The van der Waals surface area contributed by atoms with Gasteiger partial charge in [0.25, 0.3) is 5.88 Å². The van der Waals surface area contributed by atoms with Gasteiger partial charge in [-0.05, 0) is 40.5 Å². The minimum absolute atomic E-state index is 0.0912. The molecule has 7 heteroatoms. The number of pyridine rings is 1. The fourth-order valence-corrected chi connectivity index (χ4v) is 1.98. The maximum absolute atomic E-state index is 13.7. The first-order valence-electron chi connectivity index (χ1n) is 6.24. The summed E-state index contributed by atoms with van der Waals surface area (Å²) in [5.41, 5.74) is 0. The summed E-state index contributed by atoms with van der Waals surface area (Å²) in [4.78, 5) is 3.77. The Morgan fingerprint density at radius 2 is 1.95 bits per heavy atom. The molecule has 0 spiro atoms. The van der Waals surface area contributed by atoms with Gasteiger partial charge in [-0.3, -0.25) is 0 Å². The highest BCUT2D eigenvalue weighted by molar-refractivity contribution is 9.10. The molecule has 112 valence electrons. The summed E-state index contributed by atoms with van der Waals surface area (Å²) >= 11 is 3.10. The van der Waals surface area contributed by atoms with Crippen molar-refractivity contribution in [2.24, 2.45) is 0 Å². The molecule has 0 saturated carbocycles. The van der Waals surface area contributed by atoms with Crippen molar-refractivity contribution in [1.82, 2.24) is 4.98 Å². The Morgan fingerprint density at radius 1 is 1.19 bits per heavy atom. The molecule has 1 N–H and O–H groups in total. The zero-order valence-corrected chi connectivity index (χ0v) is 12.7. The standard InChI is InChI=1S/C14H12BrF3N2O/c1-2-5-19-13-10(17)7-11(18)14(20-13)21-12-4-3-8(16)6-9(12)15/h3-4,6-7H,2,5H2,1H3,(H,19,20). The van der Waals surface area contributed by atoms with E-state index in [1.54, 1.807) is 0 Å². The summed E-state index contributed by atoms with van der Waals surface area (Å²) in [5, 5.41) is 2.74. The van der Waals surface area contributed by atoms with Crippen LogP contribution in [-0.4, -0.2) is 11.5 Å². The molecule has 3 nitrogen and oxygen atoms in total. The van der Waals surface area contributed by atoms with Gasteiger partial charge in [-0.25, -0.2) is 13.2 Å². The molecule has 0 bridgehead atoms. The van der Waals surface area contributed by atoms with Gasteiger partial charge in [-0.2, -0.15) is 4.98 Å². The fourth-order valence-electron chi connectivity index (χ4n) is 1.55. The molecule has 2 rings (SSSR count). The molecule has 1 aromatic carbocycles. The molecule has 2 aromatic rings. The highest BCUT2D eigenvalue weighted by Gasteiger charge is 2.15. The van der Waals surface area contributed by atoms with Crippen molar-refractivity contribution >= 4 is 21.7 Å². The molecule has 0 atom stereocenters. The van der Waals surface area contributed by atoms with Crippen LogP contribution in [0.2, 0.25) is 0 Å². The summed E-state index contributed by atoms with van der Waals surface area (Å²) < 4.78 is 45.8. The Labute approximate surface area is 128 Å². The molecule has 0 fully saturated rings. The Hall–Kier alpha value is -1.76. The number of aromatic nitrogens is 1. The lowest BCUT2D eigenvalue weighted by atomic mass is 10.3. The molecule has 0 radical (unpaired) electrons. The summed E-state index contributed by atoms with van der Waals surface area (Å²) in [6.07, 6.45) is 0.762. The predicted molar refractivity (Wildman–Crippen MR) is 77.1 cm³/mol. The van der Waals surface area contributed by atoms with E-state index in [4.69, 9.17) is 4.74 Å². The van der Waals surface area contributed by atoms with Crippen molar-refractivity contribution in [2.45, 2.75) is 13.3 Å². The van der Waals surface area contributed by atoms with Gasteiger partial charge in [0, 0.05) is 12.6 Å². The minimum atomic E-state index is -0.939. The van der Waals surface area contributed by atoms with Crippen LogP contribution in [0.25, 0.3) is 0 Å². The molecular formula is C14H12BrF3N2O. The molecule has 0 unspecified atom stereocenters. The monoisotopic (exact) mass is 360 g/mol. The first kappa shape index (κ1) is 15.6. The van der Waals surface area contributed by atoms with Crippen LogP contribution in [0.4, 0.5) is 19.0 Å². The summed E-state index contributed by atoms with van der Waals surface area (Å²) in [6.45, 7) is 2.40. The van der Waals surface area contributed by atoms with Gasteiger partial charge in [0.1, 0.15) is 11.6 Å². The van der Waals surface area contributed by atoms with Crippen LogP contribution in [0.3, 0.4) is 0 Å². The van der Waals surface area contributed by atoms with Gasteiger partial charge in [0.05, 0.1) is 4.47 Å². The summed E-state index contributed by atoms with van der Waals surface area (Å²) in [7, 11) is 0. The summed E-state index contributed by atoms with van der Waals surface area (Å²) in [6, 6.07) is 4.35. The average molecular weight is 361 g/mol. The van der Waals surface area contributed by atoms with Crippen molar-refractivity contribution in [3.63, 3.8) is 0 Å². The second-order valence-electron chi connectivity index (χ2n) is 4.21. The lowest BCUT2D eigenvalue weighted by molar-refractivity contribution is 0.415. The van der Waals surface area contributed by atoms with E-state index in [-0.39, 0.29) is 17.4 Å². The average Bonchev–Trinajstić information content (AvgIpc) is 2.43. The van der Waals surface area contributed by atoms with Gasteiger partial charge in [-0.15, -0.1) is 0 Å². The number of nitrogens with zero attached hydrogens (tertiary/aromatic N) is 1. The van der Waals surface area contributed by atoms with Crippen LogP contribution >= 0.6 is 15.9 Å². The second-order valence-corrected chi connectivity index (χ2v) is 5.06. The van der Waals surface area contributed by atoms with E-state index >= 15 is 0 Å². The third-order valence-electron chi connectivity index (χ3n) is 2.54. The van der Waals surface area contributed by atoms with Crippen molar-refractivity contribution in [3.8, 4) is 11.6 Å². The number of hydrogen-bond acceptors (Lipinski definition) is 3. The highest BCUT2D eigenvalue weighted by atomic mass is 79.9. The Morgan fingerprint density at radius 3 is 2.62 bits per heavy atom. The summed E-state index contributed by atoms with van der Waals surface area (Å²) in [5.74, 6) is -2.51. The van der Waals surface area contributed by atoms with E-state index in [9.17, 15) is 13.2 Å². The Balaban J connectivity index is 2.30. The maximum Gasteiger partial charge on any atom is 0.258 e. The van der Waals surface area contributed by atoms with Gasteiger partial charge in [-0.1, -0.05) is 6.92 Å². The zero-order chi connectivity index (χ0) is 15.4.